The molecular formula is C20H22N2O4. The van der Waals surface area contributed by atoms with Gasteiger partial charge in [-0.05, 0) is 49.2 Å². The Kier molecular flexibility index (Phi) is 5.41. The van der Waals surface area contributed by atoms with Crippen molar-refractivity contribution >= 4 is 11.8 Å². The maximum Gasteiger partial charge on any atom is 0.251 e. The van der Waals surface area contributed by atoms with Gasteiger partial charge in [0.1, 0.15) is 0 Å². The number of hydrogen-bond acceptors (Lipinski definition) is 4. The van der Waals surface area contributed by atoms with Gasteiger partial charge in [-0.1, -0.05) is 19.1 Å². The molecule has 1 aliphatic rings. The van der Waals surface area contributed by atoms with E-state index in [-0.39, 0.29) is 24.6 Å². The Morgan fingerprint density at radius 2 is 1.81 bits per heavy atom. The molecule has 1 heterocycles. The highest BCUT2D eigenvalue weighted by Crippen LogP contribution is 2.32. The highest BCUT2D eigenvalue weighted by atomic mass is 16.7. The molecular weight excluding hydrogens is 332 g/mol. The molecule has 0 bridgehead atoms. The van der Waals surface area contributed by atoms with E-state index in [0.29, 0.717) is 29.2 Å². The summed E-state index contributed by atoms with van der Waals surface area (Å²) in [6.07, 6.45) is 0.872. The zero-order valence-electron chi connectivity index (χ0n) is 14.9. The van der Waals surface area contributed by atoms with Gasteiger partial charge in [-0.25, -0.2) is 0 Å². The average molecular weight is 354 g/mol. The Hall–Kier alpha value is -3.02. The molecule has 26 heavy (non-hydrogen) atoms. The minimum absolute atomic E-state index is 0.108. The number of fused-ring (bicyclic) bond motifs is 1. The normalized spacial score (nSPS) is 13.2. The molecule has 0 aliphatic carbocycles. The van der Waals surface area contributed by atoms with E-state index in [9.17, 15) is 9.59 Å². The van der Waals surface area contributed by atoms with Gasteiger partial charge in [-0.2, -0.15) is 0 Å². The van der Waals surface area contributed by atoms with Crippen molar-refractivity contribution in [3.05, 3.63) is 59.2 Å². The highest BCUT2D eigenvalue weighted by molar-refractivity contribution is 5.95. The third kappa shape index (κ3) is 4.14. The van der Waals surface area contributed by atoms with Crippen molar-refractivity contribution in [1.82, 2.24) is 10.6 Å². The number of hydrogen-bond donors (Lipinski definition) is 2. The lowest BCUT2D eigenvalue weighted by molar-refractivity contribution is 0.0936. The van der Waals surface area contributed by atoms with E-state index in [0.717, 1.165) is 12.0 Å². The van der Waals surface area contributed by atoms with Crippen molar-refractivity contribution in [3.63, 3.8) is 0 Å². The van der Waals surface area contributed by atoms with Crippen LogP contribution in [0, 0.1) is 0 Å². The maximum atomic E-state index is 12.3. The summed E-state index contributed by atoms with van der Waals surface area (Å²) in [4.78, 5) is 24.5. The van der Waals surface area contributed by atoms with E-state index in [1.165, 1.54) is 0 Å². The molecule has 3 rings (SSSR count). The van der Waals surface area contributed by atoms with Crippen LogP contribution in [0.15, 0.2) is 42.5 Å². The first kappa shape index (κ1) is 17.8. The van der Waals surface area contributed by atoms with Gasteiger partial charge in [0.15, 0.2) is 11.5 Å². The Morgan fingerprint density at radius 1 is 1.04 bits per heavy atom. The average Bonchev–Trinajstić information content (AvgIpc) is 3.13. The third-order valence-corrected chi connectivity index (χ3v) is 4.27. The molecule has 2 aromatic rings. The lowest BCUT2D eigenvalue weighted by Gasteiger charge is -2.12. The van der Waals surface area contributed by atoms with Gasteiger partial charge >= 0.3 is 0 Å². The van der Waals surface area contributed by atoms with E-state index in [1.54, 1.807) is 30.3 Å². The molecule has 0 saturated carbocycles. The minimum atomic E-state index is -0.210. The summed E-state index contributed by atoms with van der Waals surface area (Å²) in [7, 11) is 0. The Morgan fingerprint density at radius 3 is 2.62 bits per heavy atom. The third-order valence-electron chi connectivity index (χ3n) is 4.27. The van der Waals surface area contributed by atoms with Crippen molar-refractivity contribution in [2.75, 3.05) is 6.79 Å². The van der Waals surface area contributed by atoms with Crippen LogP contribution < -0.4 is 20.1 Å². The van der Waals surface area contributed by atoms with Gasteiger partial charge in [0, 0.05) is 23.7 Å². The summed E-state index contributed by atoms with van der Waals surface area (Å²) in [5, 5.41) is 5.79. The van der Waals surface area contributed by atoms with Gasteiger partial charge in [0.05, 0.1) is 0 Å². The van der Waals surface area contributed by atoms with Gasteiger partial charge in [0.2, 0.25) is 6.79 Å². The van der Waals surface area contributed by atoms with Gasteiger partial charge < -0.3 is 20.1 Å². The molecule has 0 aromatic heterocycles. The second-order valence-electron chi connectivity index (χ2n) is 6.23. The number of rotatable bonds is 6. The predicted octanol–water partition coefficient (Wildman–Crippen LogP) is 2.87. The van der Waals surface area contributed by atoms with Crippen LogP contribution in [0.3, 0.4) is 0 Å². The van der Waals surface area contributed by atoms with Crippen molar-refractivity contribution in [1.29, 1.82) is 0 Å². The van der Waals surface area contributed by atoms with E-state index in [1.807, 2.05) is 26.0 Å². The van der Waals surface area contributed by atoms with E-state index in [4.69, 9.17) is 9.47 Å². The van der Waals surface area contributed by atoms with Crippen molar-refractivity contribution in [2.45, 2.75) is 32.9 Å². The first-order valence-corrected chi connectivity index (χ1v) is 8.64. The van der Waals surface area contributed by atoms with Gasteiger partial charge in [-0.15, -0.1) is 0 Å². The van der Waals surface area contributed by atoms with Crippen molar-refractivity contribution < 1.29 is 19.1 Å². The zero-order chi connectivity index (χ0) is 18.5. The largest absolute Gasteiger partial charge is 0.454 e. The summed E-state index contributed by atoms with van der Waals surface area (Å²) >= 11 is 0. The SMILES string of the molecule is CC[C@@H](C)NC(=O)c1cccc(CNC(=O)c2ccc3c(c2)OCO3)c1. The summed E-state index contributed by atoms with van der Waals surface area (Å²) in [5.41, 5.74) is 1.94. The maximum absolute atomic E-state index is 12.3. The van der Waals surface area contributed by atoms with Crippen LogP contribution in [0.1, 0.15) is 46.5 Å². The molecule has 2 N–H and O–H groups in total. The molecule has 2 aromatic carbocycles. The molecule has 0 unspecified atom stereocenters. The van der Waals surface area contributed by atoms with Crippen molar-refractivity contribution in [2.24, 2.45) is 0 Å². The first-order valence-electron chi connectivity index (χ1n) is 8.64. The molecule has 0 fully saturated rings. The Labute approximate surface area is 152 Å². The molecule has 1 atom stereocenters. The Bertz CT molecular complexity index is 819. The molecule has 6 nitrogen and oxygen atoms in total. The second-order valence-corrected chi connectivity index (χ2v) is 6.23. The topological polar surface area (TPSA) is 76.7 Å². The summed E-state index contributed by atoms with van der Waals surface area (Å²) < 4.78 is 10.5. The smallest absolute Gasteiger partial charge is 0.251 e. The summed E-state index contributed by atoms with van der Waals surface area (Å²) in [6.45, 7) is 4.49. The standard InChI is InChI=1S/C20H22N2O4/c1-3-13(2)22-20(24)15-6-4-5-14(9-15)11-21-19(23)16-7-8-17-18(10-16)26-12-25-17/h4-10,13H,3,11-12H2,1-2H3,(H,21,23)(H,22,24)/t13-/m1/s1. The van der Waals surface area contributed by atoms with Gasteiger partial charge in [-0.3, -0.25) is 9.59 Å². The van der Waals surface area contributed by atoms with Crippen LogP contribution in [0.25, 0.3) is 0 Å². The van der Waals surface area contributed by atoms with Crippen LogP contribution >= 0.6 is 0 Å². The first-order chi connectivity index (χ1) is 12.6. The van der Waals surface area contributed by atoms with E-state index < -0.39 is 0 Å². The van der Waals surface area contributed by atoms with E-state index >= 15 is 0 Å². The van der Waals surface area contributed by atoms with Crippen LogP contribution in [-0.4, -0.2) is 24.6 Å². The van der Waals surface area contributed by atoms with Gasteiger partial charge in [0.25, 0.3) is 11.8 Å². The minimum Gasteiger partial charge on any atom is -0.454 e. The number of ether oxygens (including phenoxy) is 2. The number of carbonyl (C=O) groups excluding carboxylic acids is 2. The summed E-state index contributed by atoms with van der Waals surface area (Å²) in [6, 6.07) is 12.4. The quantitative estimate of drug-likeness (QED) is 0.836. The van der Waals surface area contributed by atoms with Crippen LogP contribution in [0.2, 0.25) is 0 Å². The molecule has 6 heteroatoms. The fourth-order valence-corrected chi connectivity index (χ4v) is 2.55. The number of carbonyl (C=O) groups is 2. The monoisotopic (exact) mass is 354 g/mol. The second kappa shape index (κ2) is 7.91. The summed E-state index contributed by atoms with van der Waals surface area (Å²) in [5.74, 6) is 0.893. The highest BCUT2D eigenvalue weighted by Gasteiger charge is 2.16. The molecule has 0 radical (unpaired) electrons. The van der Waals surface area contributed by atoms with E-state index in [2.05, 4.69) is 10.6 Å². The molecule has 1 aliphatic heterocycles. The fraction of sp³-hybridized carbons (Fsp3) is 0.300. The predicted molar refractivity (Wildman–Crippen MR) is 97.4 cm³/mol. The lowest BCUT2D eigenvalue weighted by Crippen LogP contribution is -2.32. The molecule has 2 amide bonds. The number of nitrogens with one attached hydrogen (secondary N) is 2. The van der Waals surface area contributed by atoms with Crippen molar-refractivity contribution in [3.8, 4) is 11.5 Å². The molecule has 0 spiro atoms. The number of benzene rings is 2. The number of amides is 2. The van der Waals surface area contributed by atoms with Crippen LogP contribution in [0.4, 0.5) is 0 Å². The fourth-order valence-electron chi connectivity index (χ4n) is 2.55. The molecule has 0 saturated heterocycles. The Balaban J connectivity index is 1.61. The molecule has 136 valence electrons. The van der Waals surface area contributed by atoms with Crippen LogP contribution in [-0.2, 0) is 6.54 Å². The lowest BCUT2D eigenvalue weighted by atomic mass is 10.1. The van der Waals surface area contributed by atoms with Crippen LogP contribution in [0.5, 0.6) is 11.5 Å². The zero-order valence-corrected chi connectivity index (χ0v) is 14.9.